The van der Waals surface area contributed by atoms with Gasteiger partial charge in [0.25, 0.3) is 10.1 Å². The quantitative estimate of drug-likeness (QED) is 0.616. The maximum atomic E-state index is 13.3. The summed E-state index contributed by atoms with van der Waals surface area (Å²) in [6, 6.07) is 10.3. The molecule has 1 atom stereocenters. The molecule has 0 aromatic heterocycles. The molecule has 0 heterocycles. The fourth-order valence-electron chi connectivity index (χ4n) is 1.96. The van der Waals surface area contributed by atoms with Gasteiger partial charge in [-0.1, -0.05) is 41.8 Å². The van der Waals surface area contributed by atoms with Gasteiger partial charge >= 0.3 is 6.18 Å². The third-order valence-electron chi connectivity index (χ3n) is 3.19. The molecule has 0 spiro atoms. The van der Waals surface area contributed by atoms with Crippen molar-refractivity contribution >= 4 is 10.1 Å². The number of halogens is 3. The Balaban J connectivity index is 2.42. The molecule has 0 saturated carbocycles. The fraction of sp³-hybridized carbons (Fsp3) is 0.176. The van der Waals surface area contributed by atoms with Crippen LogP contribution in [0.2, 0.25) is 0 Å². The highest BCUT2D eigenvalue weighted by molar-refractivity contribution is 7.86. The number of hydrogen-bond donors (Lipinski definition) is 0. The van der Waals surface area contributed by atoms with Crippen molar-refractivity contribution in [3.8, 4) is 12.3 Å². The van der Waals surface area contributed by atoms with E-state index in [1.54, 1.807) is 6.92 Å². The smallest absolute Gasteiger partial charge is 0.248 e. The summed E-state index contributed by atoms with van der Waals surface area (Å²) in [5.74, 6) is 2.22. The Bertz CT molecular complexity index is 863. The minimum atomic E-state index is -4.90. The van der Waals surface area contributed by atoms with Crippen molar-refractivity contribution in [2.24, 2.45) is 0 Å². The standard InChI is InChI=1S/C17H13F3O3S/c1-3-13-5-4-6-15(11-13)24(21,22)23-16(17(18,19)20)14-9-7-12(2)8-10-14/h1,4-11,16H,2H3. The van der Waals surface area contributed by atoms with Crippen LogP contribution in [0.4, 0.5) is 13.2 Å². The zero-order valence-corrected chi connectivity index (χ0v) is 13.4. The molecule has 0 bridgehead atoms. The van der Waals surface area contributed by atoms with Crippen molar-refractivity contribution in [3.63, 3.8) is 0 Å². The van der Waals surface area contributed by atoms with Gasteiger partial charge in [0.2, 0.25) is 0 Å². The maximum absolute atomic E-state index is 13.3. The van der Waals surface area contributed by atoms with Crippen LogP contribution >= 0.6 is 0 Å². The Hall–Kier alpha value is -2.30. The maximum Gasteiger partial charge on any atom is 0.420 e. The summed E-state index contributed by atoms with van der Waals surface area (Å²) in [5, 5.41) is 0. The lowest BCUT2D eigenvalue weighted by Gasteiger charge is -2.21. The summed E-state index contributed by atoms with van der Waals surface area (Å²) in [6.45, 7) is 1.70. The Kier molecular flexibility index (Phi) is 5.02. The third kappa shape index (κ3) is 4.16. The van der Waals surface area contributed by atoms with Crippen molar-refractivity contribution < 1.29 is 25.8 Å². The molecule has 0 aliphatic rings. The molecule has 0 aliphatic heterocycles. The molecule has 0 aliphatic carbocycles. The minimum Gasteiger partial charge on any atom is -0.248 e. The summed E-state index contributed by atoms with van der Waals surface area (Å²) in [4.78, 5) is -0.431. The van der Waals surface area contributed by atoms with Crippen LogP contribution < -0.4 is 0 Å². The van der Waals surface area contributed by atoms with E-state index in [0.717, 1.165) is 17.7 Å². The Labute approximate surface area is 138 Å². The summed E-state index contributed by atoms with van der Waals surface area (Å²) in [6.07, 6.45) is -2.32. The normalized spacial score (nSPS) is 13.3. The molecule has 2 aromatic carbocycles. The molecule has 0 radical (unpaired) electrons. The molecule has 2 aromatic rings. The second-order valence-electron chi connectivity index (χ2n) is 5.05. The SMILES string of the molecule is C#Cc1cccc(S(=O)(=O)OC(c2ccc(C)cc2)C(F)(F)F)c1. The third-order valence-corrected chi connectivity index (χ3v) is 4.47. The van der Waals surface area contributed by atoms with Crippen molar-refractivity contribution in [1.29, 1.82) is 0 Å². The second-order valence-corrected chi connectivity index (χ2v) is 6.63. The molecule has 126 valence electrons. The molecule has 24 heavy (non-hydrogen) atoms. The summed E-state index contributed by atoms with van der Waals surface area (Å²) < 4.78 is 68.7. The zero-order chi connectivity index (χ0) is 18.0. The first-order valence-corrected chi connectivity index (χ1v) is 8.17. The molecule has 0 amide bonds. The van der Waals surface area contributed by atoms with Gasteiger partial charge in [-0.05, 0) is 30.7 Å². The molecule has 0 fully saturated rings. The molecule has 0 N–H and O–H groups in total. The minimum absolute atomic E-state index is 0.221. The predicted octanol–water partition coefficient (Wildman–Crippen LogP) is 3.99. The highest BCUT2D eigenvalue weighted by atomic mass is 32.2. The molecule has 0 saturated heterocycles. The summed E-state index contributed by atoms with van der Waals surface area (Å²) in [5.41, 5.74) is 0.660. The van der Waals surface area contributed by atoms with Crippen LogP contribution in [0.1, 0.15) is 22.8 Å². The van der Waals surface area contributed by atoms with Crippen LogP contribution in [0.15, 0.2) is 53.4 Å². The lowest BCUT2D eigenvalue weighted by molar-refractivity contribution is -0.196. The van der Waals surface area contributed by atoms with E-state index in [1.807, 2.05) is 0 Å². The van der Waals surface area contributed by atoms with Crippen LogP contribution in [0.25, 0.3) is 0 Å². The van der Waals surface area contributed by atoms with Gasteiger partial charge in [-0.2, -0.15) is 21.6 Å². The Morgan fingerprint density at radius 3 is 2.29 bits per heavy atom. The van der Waals surface area contributed by atoms with Gasteiger partial charge in [-0.25, -0.2) is 4.18 Å². The largest absolute Gasteiger partial charge is 0.420 e. The second kappa shape index (κ2) is 6.67. The lowest BCUT2D eigenvalue weighted by atomic mass is 10.1. The number of terminal acetylenes is 1. The van der Waals surface area contributed by atoms with Gasteiger partial charge in [-0.3, -0.25) is 0 Å². The van der Waals surface area contributed by atoms with Gasteiger partial charge in [0, 0.05) is 5.56 Å². The Morgan fingerprint density at radius 1 is 1.12 bits per heavy atom. The van der Waals surface area contributed by atoms with Crippen LogP contribution in [-0.4, -0.2) is 14.6 Å². The molecule has 7 heteroatoms. The lowest BCUT2D eigenvalue weighted by Crippen LogP contribution is -2.26. The van der Waals surface area contributed by atoms with Crippen LogP contribution in [0.3, 0.4) is 0 Å². The zero-order valence-electron chi connectivity index (χ0n) is 12.5. The van der Waals surface area contributed by atoms with Crippen LogP contribution in [-0.2, 0) is 14.3 Å². The fourth-order valence-corrected chi connectivity index (χ4v) is 3.07. The van der Waals surface area contributed by atoms with E-state index in [9.17, 15) is 21.6 Å². The number of benzene rings is 2. The summed E-state index contributed by atoms with van der Waals surface area (Å²) >= 11 is 0. The monoisotopic (exact) mass is 354 g/mol. The first-order valence-electron chi connectivity index (χ1n) is 6.77. The van der Waals surface area contributed by atoms with Crippen molar-refractivity contribution in [1.82, 2.24) is 0 Å². The van der Waals surface area contributed by atoms with E-state index >= 15 is 0 Å². The van der Waals surface area contributed by atoms with E-state index in [1.165, 1.54) is 36.4 Å². The number of rotatable bonds is 4. The highest BCUT2D eigenvalue weighted by Crippen LogP contribution is 2.38. The molecule has 1 unspecified atom stereocenters. The van der Waals surface area contributed by atoms with Gasteiger partial charge in [0.1, 0.15) is 0 Å². The molecular formula is C17H13F3O3S. The van der Waals surface area contributed by atoms with Gasteiger partial charge in [0.05, 0.1) is 4.90 Å². The first-order chi connectivity index (χ1) is 11.1. The van der Waals surface area contributed by atoms with E-state index in [2.05, 4.69) is 10.1 Å². The molecular weight excluding hydrogens is 341 g/mol. The van der Waals surface area contributed by atoms with Crippen LogP contribution in [0.5, 0.6) is 0 Å². The highest BCUT2D eigenvalue weighted by Gasteiger charge is 2.45. The average Bonchev–Trinajstić information content (AvgIpc) is 2.53. The first kappa shape index (κ1) is 18.0. The molecule has 3 nitrogen and oxygen atoms in total. The number of alkyl halides is 3. The van der Waals surface area contributed by atoms with Gasteiger partial charge < -0.3 is 0 Å². The van der Waals surface area contributed by atoms with E-state index in [0.29, 0.717) is 0 Å². The predicted molar refractivity (Wildman–Crippen MR) is 82.6 cm³/mol. The summed E-state index contributed by atoms with van der Waals surface area (Å²) in [7, 11) is -4.65. The van der Waals surface area contributed by atoms with Crippen molar-refractivity contribution in [3.05, 3.63) is 65.2 Å². The van der Waals surface area contributed by atoms with Gasteiger partial charge in [-0.15, -0.1) is 6.42 Å². The van der Waals surface area contributed by atoms with Crippen molar-refractivity contribution in [2.45, 2.75) is 24.1 Å². The molecule has 2 rings (SSSR count). The van der Waals surface area contributed by atoms with E-state index in [-0.39, 0.29) is 11.1 Å². The Morgan fingerprint density at radius 2 is 1.75 bits per heavy atom. The number of hydrogen-bond acceptors (Lipinski definition) is 3. The van der Waals surface area contributed by atoms with E-state index in [4.69, 9.17) is 6.42 Å². The average molecular weight is 354 g/mol. The van der Waals surface area contributed by atoms with E-state index < -0.39 is 27.3 Å². The van der Waals surface area contributed by atoms with Crippen molar-refractivity contribution in [2.75, 3.05) is 0 Å². The topological polar surface area (TPSA) is 43.4 Å². The van der Waals surface area contributed by atoms with Crippen LogP contribution in [0, 0.1) is 19.3 Å². The number of aryl methyl sites for hydroxylation is 1. The van der Waals surface area contributed by atoms with Gasteiger partial charge in [0.15, 0.2) is 6.10 Å².